The van der Waals surface area contributed by atoms with E-state index in [0.717, 1.165) is 49.1 Å². The number of nitrogens with zero attached hydrogens (tertiary/aromatic N) is 7. The number of anilines is 1. The fraction of sp³-hybridized carbons (Fsp3) is 0.250. The molecule has 1 fully saturated rings. The molecule has 0 amide bonds. The number of hydrogen-bond donors (Lipinski definition) is 0. The predicted molar refractivity (Wildman–Crippen MR) is 104 cm³/mol. The number of hydrogen-bond acceptors (Lipinski definition) is 6. The molecule has 0 saturated carbocycles. The fourth-order valence-electron chi connectivity index (χ4n) is 3.64. The van der Waals surface area contributed by atoms with Crippen LogP contribution in [-0.4, -0.2) is 48.7 Å². The number of halogens is 1. The average Bonchev–Trinajstić information content (AvgIpc) is 3.48. The summed E-state index contributed by atoms with van der Waals surface area (Å²) in [5, 5.41) is 8.38. The summed E-state index contributed by atoms with van der Waals surface area (Å²) in [5.41, 5.74) is 4.00. The Hall–Kier alpha value is -3.62. The highest BCUT2D eigenvalue weighted by atomic mass is 19.1. The van der Waals surface area contributed by atoms with Gasteiger partial charge in [0.15, 0.2) is 6.29 Å². The smallest absolute Gasteiger partial charge is 0.236 e. The molecule has 4 aromatic heterocycles. The minimum absolute atomic E-state index is 0.429. The third-order valence-corrected chi connectivity index (χ3v) is 5.09. The highest BCUT2D eigenvalue weighted by molar-refractivity contribution is 5.74. The first-order valence-corrected chi connectivity index (χ1v) is 9.43. The van der Waals surface area contributed by atoms with Crippen LogP contribution in [0.1, 0.15) is 28.9 Å². The standard InChI is InChI=1S/C20H18FN7O/c21-20-18(26-5-1-2-6-26)7-15(8-22-20)17-12-28(25-24-17)11-16-10-27-9-14(13-29)3-4-19(27)23-16/h3-4,7-10,12-13H,1-2,5-6,11H2. The maximum Gasteiger partial charge on any atom is 0.236 e. The Bertz CT molecular complexity index is 1190. The Morgan fingerprint density at radius 3 is 2.83 bits per heavy atom. The van der Waals surface area contributed by atoms with Gasteiger partial charge in [0.25, 0.3) is 0 Å². The fourth-order valence-corrected chi connectivity index (χ4v) is 3.64. The topological polar surface area (TPSA) is 81.2 Å². The highest BCUT2D eigenvalue weighted by Gasteiger charge is 2.18. The van der Waals surface area contributed by atoms with Crippen molar-refractivity contribution in [3.05, 3.63) is 60.2 Å². The van der Waals surface area contributed by atoms with Gasteiger partial charge < -0.3 is 9.30 Å². The van der Waals surface area contributed by atoms with E-state index >= 15 is 0 Å². The van der Waals surface area contributed by atoms with E-state index < -0.39 is 5.95 Å². The van der Waals surface area contributed by atoms with E-state index in [0.29, 0.717) is 23.5 Å². The zero-order chi connectivity index (χ0) is 19.8. The molecule has 8 nitrogen and oxygen atoms in total. The van der Waals surface area contributed by atoms with Gasteiger partial charge in [0.05, 0.1) is 24.1 Å². The molecule has 29 heavy (non-hydrogen) atoms. The zero-order valence-electron chi connectivity index (χ0n) is 15.6. The Balaban J connectivity index is 1.39. The first-order chi connectivity index (χ1) is 14.2. The van der Waals surface area contributed by atoms with Crippen LogP contribution in [0, 0.1) is 5.95 Å². The summed E-state index contributed by atoms with van der Waals surface area (Å²) in [6.07, 6.45) is 9.79. The molecule has 9 heteroatoms. The van der Waals surface area contributed by atoms with E-state index in [2.05, 4.69) is 20.3 Å². The van der Waals surface area contributed by atoms with Crippen LogP contribution in [-0.2, 0) is 6.54 Å². The minimum atomic E-state index is -0.456. The number of fused-ring (bicyclic) bond motifs is 1. The molecule has 5 heterocycles. The molecule has 0 radical (unpaired) electrons. The minimum Gasteiger partial charge on any atom is -0.368 e. The molecular formula is C20H18FN7O. The maximum atomic E-state index is 14.2. The van der Waals surface area contributed by atoms with Gasteiger partial charge in [0.1, 0.15) is 11.3 Å². The molecule has 1 aliphatic rings. The van der Waals surface area contributed by atoms with Gasteiger partial charge in [-0.25, -0.2) is 14.6 Å². The van der Waals surface area contributed by atoms with Crippen molar-refractivity contribution < 1.29 is 9.18 Å². The van der Waals surface area contributed by atoms with Gasteiger partial charge in [-0.1, -0.05) is 5.21 Å². The van der Waals surface area contributed by atoms with E-state index in [4.69, 9.17) is 0 Å². The molecule has 5 rings (SSSR count). The molecule has 1 saturated heterocycles. The van der Waals surface area contributed by atoms with E-state index in [1.54, 1.807) is 35.3 Å². The summed E-state index contributed by atoms with van der Waals surface area (Å²) in [6.45, 7) is 2.11. The van der Waals surface area contributed by atoms with Gasteiger partial charge in [-0.3, -0.25) is 4.79 Å². The quantitative estimate of drug-likeness (QED) is 0.384. The van der Waals surface area contributed by atoms with E-state index in [-0.39, 0.29) is 0 Å². The number of rotatable bonds is 5. The first kappa shape index (κ1) is 17.5. The molecule has 0 atom stereocenters. The lowest BCUT2D eigenvalue weighted by molar-refractivity contribution is 0.112. The molecule has 0 aromatic carbocycles. The first-order valence-electron chi connectivity index (χ1n) is 9.43. The van der Waals surface area contributed by atoms with E-state index in [1.807, 2.05) is 15.5 Å². The van der Waals surface area contributed by atoms with Crippen LogP contribution < -0.4 is 4.90 Å². The van der Waals surface area contributed by atoms with Gasteiger partial charge in [0.2, 0.25) is 5.95 Å². The molecule has 0 aliphatic carbocycles. The summed E-state index contributed by atoms with van der Waals surface area (Å²) >= 11 is 0. The van der Waals surface area contributed by atoms with Crippen LogP contribution in [0.5, 0.6) is 0 Å². The van der Waals surface area contributed by atoms with Crippen molar-refractivity contribution in [2.75, 3.05) is 18.0 Å². The van der Waals surface area contributed by atoms with Crippen molar-refractivity contribution in [3.8, 4) is 11.3 Å². The number of pyridine rings is 2. The second-order valence-electron chi connectivity index (χ2n) is 7.11. The Kier molecular flexibility index (Phi) is 4.27. The molecular weight excluding hydrogens is 373 g/mol. The summed E-state index contributed by atoms with van der Waals surface area (Å²) < 4.78 is 17.6. The van der Waals surface area contributed by atoms with Gasteiger partial charge in [-0.05, 0) is 31.0 Å². The lowest BCUT2D eigenvalue weighted by Crippen LogP contribution is -2.19. The molecule has 0 bridgehead atoms. The molecule has 0 unspecified atom stereocenters. The van der Waals surface area contributed by atoms with Crippen LogP contribution >= 0.6 is 0 Å². The van der Waals surface area contributed by atoms with Crippen molar-refractivity contribution >= 4 is 17.6 Å². The summed E-state index contributed by atoms with van der Waals surface area (Å²) in [7, 11) is 0. The summed E-state index contributed by atoms with van der Waals surface area (Å²) in [6, 6.07) is 5.31. The second kappa shape index (κ2) is 7.08. The second-order valence-corrected chi connectivity index (χ2v) is 7.11. The van der Waals surface area contributed by atoms with Crippen molar-refractivity contribution in [2.24, 2.45) is 0 Å². The van der Waals surface area contributed by atoms with Gasteiger partial charge in [-0.2, -0.15) is 4.39 Å². The lowest BCUT2D eigenvalue weighted by atomic mass is 10.2. The number of carbonyl (C=O) groups is 1. The number of imidazole rings is 1. The Morgan fingerprint density at radius 1 is 1.14 bits per heavy atom. The molecule has 0 spiro atoms. The SMILES string of the molecule is O=Cc1ccc2nc(Cn3cc(-c4cnc(F)c(N5CCCC5)c4)nn3)cn2c1. The van der Waals surface area contributed by atoms with Gasteiger partial charge in [-0.15, -0.1) is 5.10 Å². The summed E-state index contributed by atoms with van der Waals surface area (Å²) in [5.74, 6) is -0.456. The molecule has 146 valence electrons. The number of aldehydes is 1. The monoisotopic (exact) mass is 391 g/mol. The Labute approximate surface area is 165 Å². The van der Waals surface area contributed by atoms with Gasteiger partial charge >= 0.3 is 0 Å². The predicted octanol–water partition coefficient (Wildman–Crippen LogP) is 2.59. The van der Waals surface area contributed by atoms with Crippen LogP contribution in [0.25, 0.3) is 16.9 Å². The van der Waals surface area contributed by atoms with Crippen LogP contribution in [0.15, 0.2) is 43.0 Å². The lowest BCUT2D eigenvalue weighted by Gasteiger charge is -2.18. The van der Waals surface area contributed by atoms with Crippen LogP contribution in [0.4, 0.5) is 10.1 Å². The molecule has 1 aliphatic heterocycles. The Morgan fingerprint density at radius 2 is 2.00 bits per heavy atom. The molecule has 0 N–H and O–H groups in total. The molecule has 4 aromatic rings. The van der Waals surface area contributed by atoms with Crippen molar-refractivity contribution in [2.45, 2.75) is 19.4 Å². The van der Waals surface area contributed by atoms with E-state index in [1.165, 1.54) is 6.20 Å². The highest BCUT2D eigenvalue weighted by Crippen LogP contribution is 2.27. The maximum absolute atomic E-state index is 14.2. The van der Waals surface area contributed by atoms with Crippen molar-refractivity contribution in [3.63, 3.8) is 0 Å². The van der Waals surface area contributed by atoms with Crippen LogP contribution in [0.2, 0.25) is 0 Å². The third kappa shape index (κ3) is 3.35. The van der Waals surface area contributed by atoms with Gasteiger partial charge in [0, 0.05) is 42.8 Å². The van der Waals surface area contributed by atoms with Crippen molar-refractivity contribution in [1.82, 2.24) is 29.4 Å². The normalized spacial score (nSPS) is 14.0. The van der Waals surface area contributed by atoms with E-state index in [9.17, 15) is 9.18 Å². The summed E-state index contributed by atoms with van der Waals surface area (Å²) in [4.78, 5) is 21.4. The number of aromatic nitrogens is 6. The average molecular weight is 391 g/mol. The number of carbonyl (C=O) groups excluding carboxylic acids is 1. The van der Waals surface area contributed by atoms with Crippen LogP contribution in [0.3, 0.4) is 0 Å². The third-order valence-electron chi connectivity index (χ3n) is 5.09. The van der Waals surface area contributed by atoms with Crippen molar-refractivity contribution in [1.29, 1.82) is 0 Å². The largest absolute Gasteiger partial charge is 0.368 e. The zero-order valence-corrected chi connectivity index (χ0v) is 15.6.